The van der Waals surface area contributed by atoms with Crippen molar-refractivity contribution in [2.75, 3.05) is 106 Å². The van der Waals surface area contributed by atoms with Gasteiger partial charge in [0.05, 0.1) is 104 Å². The van der Waals surface area contributed by atoms with Crippen molar-refractivity contribution in [2.24, 2.45) is 0 Å². The van der Waals surface area contributed by atoms with Crippen LogP contribution in [0, 0.1) is 38.2 Å². The van der Waals surface area contributed by atoms with Crippen molar-refractivity contribution in [1.82, 2.24) is 64.1 Å². The lowest BCUT2D eigenvalue weighted by molar-refractivity contribution is 0.0360. The number of hydrogen-bond acceptors (Lipinski definition) is 25. The maximum absolute atomic E-state index is 15.2. The second-order valence-corrected chi connectivity index (χ2v) is 41.3. The Morgan fingerprint density at radius 3 is 1.10 bits per heavy atom. The largest absolute Gasteiger partial charge is 0.383 e. The Morgan fingerprint density at radius 1 is 0.421 bits per heavy atom. The highest BCUT2D eigenvalue weighted by Gasteiger charge is 2.33. The van der Waals surface area contributed by atoms with Gasteiger partial charge in [-0.25, -0.2) is 53.4 Å². The van der Waals surface area contributed by atoms with Gasteiger partial charge in [-0.15, -0.1) is 0 Å². The quantitative estimate of drug-likeness (QED) is 0.0220. The van der Waals surface area contributed by atoms with Crippen LogP contribution in [0.5, 0.6) is 0 Å². The summed E-state index contributed by atoms with van der Waals surface area (Å²) < 4.78 is 147. The topological polar surface area (TPSA) is 372 Å². The van der Waals surface area contributed by atoms with Gasteiger partial charge < -0.3 is 46.1 Å². The van der Waals surface area contributed by atoms with E-state index in [1.165, 1.54) is 18.2 Å². The number of morpholine rings is 1. The molecule has 0 spiro atoms. The van der Waals surface area contributed by atoms with E-state index in [-0.39, 0.29) is 56.0 Å². The van der Waals surface area contributed by atoms with Crippen molar-refractivity contribution < 1.29 is 52.6 Å². The molecule has 0 unspecified atom stereocenters. The van der Waals surface area contributed by atoms with E-state index >= 15 is 8.78 Å². The zero-order chi connectivity index (χ0) is 90.6. The fourth-order valence-electron chi connectivity index (χ4n) is 12.2. The van der Waals surface area contributed by atoms with Crippen LogP contribution < -0.4 is 46.1 Å². The lowest BCUT2D eigenvalue weighted by Gasteiger charge is -2.26. The highest BCUT2D eigenvalue weighted by molar-refractivity contribution is 7.94. The Bertz CT molecular complexity index is 6240. The van der Waals surface area contributed by atoms with Crippen molar-refractivity contribution in [3.63, 3.8) is 0 Å². The molecule has 0 saturated carbocycles. The molecule has 2 saturated heterocycles. The third kappa shape index (κ3) is 24.5. The van der Waals surface area contributed by atoms with Gasteiger partial charge in [0.1, 0.15) is 34.9 Å². The van der Waals surface area contributed by atoms with E-state index in [0.717, 1.165) is 62.4 Å². The summed E-state index contributed by atoms with van der Waals surface area (Å²) in [5.41, 5.74) is 9.45. The number of anilines is 15. The molecule has 126 heavy (non-hydrogen) atoms. The van der Waals surface area contributed by atoms with E-state index in [1.54, 1.807) is 208 Å². The van der Waals surface area contributed by atoms with Gasteiger partial charge in [0.15, 0.2) is 0 Å². The second kappa shape index (κ2) is 40.2. The molecule has 9 N–H and O–H groups in total. The number of nitrogens with one attached hydrogen (secondary N) is 9. The minimum atomic E-state index is -3.68. The van der Waals surface area contributed by atoms with Gasteiger partial charge in [0.2, 0.25) is 47.9 Å². The number of halogens is 6. The first kappa shape index (κ1) is 93.9. The number of nitrogens with zero attached hydrogens (tertiary/aromatic N) is 13. The summed E-state index contributed by atoms with van der Waals surface area (Å²) in [5, 5.41) is 32.6. The molecular weight excluding hydrogens is 1740 g/mol. The summed E-state index contributed by atoms with van der Waals surface area (Å²) in [7, 11) is -9.43. The van der Waals surface area contributed by atoms with Crippen LogP contribution in [-0.4, -0.2) is 163 Å². The Morgan fingerprint density at radius 2 is 0.746 bits per heavy atom. The molecule has 0 aliphatic carbocycles. The Labute approximate surface area is 746 Å². The van der Waals surface area contributed by atoms with Crippen LogP contribution in [0.15, 0.2) is 165 Å². The molecule has 14 rings (SSSR count). The Hall–Kier alpha value is -11.3. The lowest BCUT2D eigenvalue weighted by Crippen LogP contribution is -2.38. The minimum absolute atomic E-state index is 0.242. The molecule has 31 nitrogen and oxygen atoms in total. The molecular formula is C86H100Cl3F3N22O9S3. The second-order valence-electron chi connectivity index (χ2n) is 32.7. The average Bonchev–Trinajstić information content (AvgIpc) is 1.01. The van der Waals surface area contributed by atoms with Crippen LogP contribution in [0.1, 0.15) is 97.9 Å². The van der Waals surface area contributed by atoms with Gasteiger partial charge in [-0.3, -0.25) is 33.1 Å². The van der Waals surface area contributed by atoms with E-state index in [9.17, 15) is 29.6 Å². The molecule has 2 fully saturated rings. The number of aryl methyl sites for hydroxylation is 3. The molecule has 0 amide bonds. The van der Waals surface area contributed by atoms with Crippen molar-refractivity contribution in [1.29, 1.82) is 0 Å². The zero-order valence-corrected chi connectivity index (χ0v) is 76.3. The van der Waals surface area contributed by atoms with Crippen molar-refractivity contribution in [3.05, 3.63) is 214 Å². The molecule has 40 heteroatoms. The number of ether oxygens (including phenoxy) is 3. The molecule has 0 atom stereocenters. The normalized spacial score (nSPS) is 13.6. The van der Waals surface area contributed by atoms with Crippen LogP contribution in [0.4, 0.5) is 99.7 Å². The number of rotatable bonds is 28. The summed E-state index contributed by atoms with van der Waals surface area (Å²) in [6.07, 6.45) is 17.1. The third-order valence-corrected chi connectivity index (χ3v) is 27.4. The lowest BCUT2D eigenvalue weighted by atomic mass is 10.1. The summed E-state index contributed by atoms with van der Waals surface area (Å²) in [5.74, 6) is 0.971. The first-order chi connectivity index (χ1) is 59.6. The molecule has 6 aromatic carbocycles. The van der Waals surface area contributed by atoms with E-state index in [2.05, 4.69) is 96.2 Å². The van der Waals surface area contributed by atoms with Crippen LogP contribution >= 0.6 is 34.8 Å². The summed E-state index contributed by atoms with van der Waals surface area (Å²) in [6, 6.07) is 29.4. The van der Waals surface area contributed by atoms with Gasteiger partial charge in [-0.05, 0) is 205 Å². The predicted molar refractivity (Wildman–Crippen MR) is 492 cm³/mol. The number of benzene rings is 6. The molecule has 0 radical (unpaired) electrons. The molecule has 8 heterocycles. The standard InChI is InChI=1S/C30H36ClFN8O3S.C29H33ClFN7O3S.C27H31ClFN7O3S/c1-20-17-33-29(37-28(20)35-23-6-8-25(31)27(16-23)38-44(41,42)30(2,3)4)36-22-5-7-24(26(32)15-22)21-18-34-40(19-21)10-9-39-11-13-43-14-12-39;1-18-15-32-28(36-27(18)34-21-6-8-24(30)26(14-21)37-42(39,40)29(2,3)4)35-20-5-7-23(25(31)13-20)19-16-33-38(17-19)22-9-11-41-12-10-22;1-17-14-30-26(33-19-6-8-21(23(29)12-19)18-15-31-36(16-18)10-11-39-5)34-25(17)32-20-7-9-22(28)24(13-20)35-40(37,38)27(2,3)4/h5-8,15-19,38H,9-14H2,1-4H3,(H2,33,35,36,37);5-8,13-17,22,37H,9-12H2,1-4H3,(H2,32,34,35,36);6-9,12-16,35H,10-11H2,1-5H3,(H2,30,32,33,34). The highest BCUT2D eigenvalue weighted by atomic mass is 35.5. The molecule has 668 valence electrons. The van der Waals surface area contributed by atoms with Crippen molar-refractivity contribution in [3.8, 4) is 33.4 Å². The van der Waals surface area contributed by atoms with Gasteiger partial charge >= 0.3 is 0 Å². The van der Waals surface area contributed by atoms with Crippen molar-refractivity contribution in [2.45, 2.75) is 129 Å². The number of hydrogen-bond donors (Lipinski definition) is 9. The smallest absolute Gasteiger partial charge is 0.237 e. The number of aromatic nitrogens is 12. The Kier molecular flexibility index (Phi) is 29.9. The van der Waals surface area contributed by atoms with Crippen LogP contribution in [0.25, 0.3) is 33.4 Å². The van der Waals surface area contributed by atoms with Gasteiger partial charge in [0, 0.05) is 161 Å². The fourth-order valence-corrected chi connectivity index (χ4v) is 15.2. The first-order valence-corrected chi connectivity index (χ1v) is 45.7. The highest BCUT2D eigenvalue weighted by Crippen LogP contribution is 2.38. The van der Waals surface area contributed by atoms with E-state index in [4.69, 9.17) is 49.0 Å². The van der Waals surface area contributed by atoms with Crippen LogP contribution in [-0.2, 0) is 57.4 Å². The Balaban J connectivity index is 0.000000172. The first-order valence-electron chi connectivity index (χ1n) is 40.1. The predicted octanol–water partition coefficient (Wildman–Crippen LogP) is 18.7. The van der Waals surface area contributed by atoms with Gasteiger partial charge in [0.25, 0.3) is 0 Å². The van der Waals surface area contributed by atoms with E-state index < -0.39 is 61.8 Å². The minimum Gasteiger partial charge on any atom is -0.383 e. The average molecular weight is 1850 g/mol. The molecule has 6 aromatic heterocycles. The summed E-state index contributed by atoms with van der Waals surface area (Å²) in [6.45, 7) is 27.3. The molecule has 2 aliphatic heterocycles. The number of methoxy groups -OCH3 is 1. The van der Waals surface area contributed by atoms with E-state index in [0.29, 0.717) is 118 Å². The van der Waals surface area contributed by atoms with Gasteiger partial charge in [-0.2, -0.15) is 30.2 Å². The molecule has 2 aliphatic rings. The van der Waals surface area contributed by atoms with Crippen molar-refractivity contribution >= 4 is 151 Å². The van der Waals surface area contributed by atoms with Crippen LogP contribution in [0.3, 0.4) is 0 Å². The SMILES string of the molecule is COCCn1cc(-c2ccc(Nc3ncc(C)c(Nc4ccc(Cl)c(NS(=O)(=O)C(C)(C)C)c4)n3)cc2F)cn1.Cc1cnc(Nc2ccc(-c3cnn(C4CCOCC4)c3)c(F)c2)nc1Nc1ccc(Cl)c(NS(=O)(=O)C(C)(C)C)c1.Cc1cnc(Nc2ccc(-c3cnn(CCN4CCOCC4)c3)c(F)c2)nc1Nc1ccc(Cl)c(NS(=O)(=O)C(C)(C)C)c1. The molecule has 0 bridgehead atoms. The number of sulfonamides is 3. The summed E-state index contributed by atoms with van der Waals surface area (Å²) >= 11 is 18.8. The third-order valence-electron chi connectivity index (χ3n) is 20.1. The molecule has 12 aromatic rings. The van der Waals surface area contributed by atoms with Gasteiger partial charge in [-0.1, -0.05) is 34.8 Å². The van der Waals surface area contributed by atoms with Crippen LogP contribution in [0.2, 0.25) is 15.1 Å². The maximum atomic E-state index is 15.2. The fraction of sp³-hybridized carbons (Fsp3) is 0.337. The zero-order valence-electron chi connectivity index (χ0n) is 71.6. The maximum Gasteiger partial charge on any atom is 0.237 e. The summed E-state index contributed by atoms with van der Waals surface area (Å²) in [4.78, 5) is 28.9. The monoisotopic (exact) mass is 1840 g/mol. The van der Waals surface area contributed by atoms with E-state index in [1.807, 2.05) is 42.5 Å².